The molecule has 4 heteroatoms. The zero-order chi connectivity index (χ0) is 19.7. The highest BCUT2D eigenvalue weighted by Crippen LogP contribution is 2.43. The molecule has 0 aromatic heterocycles. The fraction of sp³-hybridized carbons (Fsp3) is 0.542. The number of hydrogen-bond donors (Lipinski definition) is 0. The summed E-state index contributed by atoms with van der Waals surface area (Å²) in [5.74, 6) is -0.687. The Morgan fingerprint density at radius 1 is 1.04 bits per heavy atom. The van der Waals surface area contributed by atoms with Crippen LogP contribution in [-0.4, -0.2) is 23.6 Å². The van der Waals surface area contributed by atoms with Crippen LogP contribution in [0.4, 0.5) is 0 Å². The Bertz CT molecular complexity index is 845. The minimum Gasteiger partial charge on any atom is -0.459 e. The molecule has 2 fully saturated rings. The van der Waals surface area contributed by atoms with E-state index in [1.165, 1.54) is 6.42 Å². The van der Waals surface area contributed by atoms with Gasteiger partial charge in [0.05, 0.1) is 11.5 Å². The number of fused-ring (bicyclic) bond motifs is 1. The third-order valence-corrected chi connectivity index (χ3v) is 6.35. The van der Waals surface area contributed by atoms with Gasteiger partial charge < -0.3 is 4.74 Å². The van der Waals surface area contributed by atoms with Crippen molar-refractivity contribution in [1.82, 2.24) is 0 Å². The number of esters is 1. The van der Waals surface area contributed by atoms with E-state index in [9.17, 15) is 9.59 Å². The molecule has 148 valence electrons. The molecule has 0 amide bonds. The number of aliphatic imine (C=N–C) groups is 1. The van der Waals surface area contributed by atoms with Crippen LogP contribution in [0.15, 0.2) is 40.5 Å². The first-order valence-corrected chi connectivity index (χ1v) is 10.6. The van der Waals surface area contributed by atoms with Gasteiger partial charge in [-0.2, -0.15) is 0 Å². The summed E-state index contributed by atoms with van der Waals surface area (Å²) in [6.07, 6.45) is 7.55. The lowest BCUT2D eigenvalue weighted by Gasteiger charge is -2.36. The molecule has 1 aromatic carbocycles. The van der Waals surface area contributed by atoms with Crippen LogP contribution in [0.5, 0.6) is 0 Å². The molecule has 0 bridgehead atoms. The van der Waals surface area contributed by atoms with Crippen molar-refractivity contribution >= 4 is 17.5 Å². The van der Waals surface area contributed by atoms with Crippen molar-refractivity contribution in [1.29, 1.82) is 0 Å². The van der Waals surface area contributed by atoms with Crippen molar-refractivity contribution in [2.24, 2.45) is 10.9 Å². The lowest BCUT2D eigenvalue weighted by Crippen LogP contribution is -2.39. The van der Waals surface area contributed by atoms with Gasteiger partial charge in [0.15, 0.2) is 0 Å². The summed E-state index contributed by atoms with van der Waals surface area (Å²) < 4.78 is 5.92. The molecule has 0 N–H and O–H groups in total. The molecule has 4 nitrogen and oxygen atoms in total. The Labute approximate surface area is 167 Å². The third-order valence-electron chi connectivity index (χ3n) is 6.35. The van der Waals surface area contributed by atoms with Crippen LogP contribution in [0, 0.1) is 12.8 Å². The lowest BCUT2D eigenvalue weighted by molar-refractivity contribution is -0.146. The summed E-state index contributed by atoms with van der Waals surface area (Å²) in [6.45, 7) is 3.93. The molecular weight excluding hydrogens is 350 g/mol. The number of nitrogens with zero attached hydrogens (tertiary/aromatic N) is 1. The minimum absolute atomic E-state index is 0.00727. The van der Waals surface area contributed by atoms with Crippen molar-refractivity contribution < 1.29 is 14.3 Å². The van der Waals surface area contributed by atoms with E-state index in [2.05, 4.69) is 6.07 Å². The first kappa shape index (κ1) is 19.1. The molecule has 0 radical (unpaired) electrons. The van der Waals surface area contributed by atoms with Gasteiger partial charge in [0.1, 0.15) is 11.9 Å². The summed E-state index contributed by atoms with van der Waals surface area (Å²) in [7, 11) is 0. The molecule has 2 saturated carbocycles. The maximum atomic E-state index is 13.3. The smallest absolute Gasteiger partial charge is 0.336 e. The quantitative estimate of drug-likeness (QED) is 0.690. The normalized spacial score (nSPS) is 25.9. The number of hydrogen-bond acceptors (Lipinski definition) is 4. The highest BCUT2D eigenvalue weighted by atomic mass is 16.5. The molecule has 0 saturated heterocycles. The van der Waals surface area contributed by atoms with Gasteiger partial charge in [-0.15, -0.1) is 0 Å². The number of benzene rings is 1. The molecule has 2 atom stereocenters. The van der Waals surface area contributed by atoms with E-state index in [0.717, 1.165) is 55.4 Å². The average molecular weight is 380 g/mol. The number of carbonyl (C=O) groups excluding carboxylic acids is 2. The first-order valence-electron chi connectivity index (χ1n) is 10.6. The molecule has 0 spiro atoms. The van der Waals surface area contributed by atoms with Crippen molar-refractivity contribution in [3.8, 4) is 0 Å². The van der Waals surface area contributed by atoms with Gasteiger partial charge in [-0.3, -0.25) is 9.79 Å². The van der Waals surface area contributed by atoms with Crippen LogP contribution in [0.3, 0.4) is 0 Å². The van der Waals surface area contributed by atoms with Gasteiger partial charge in [0.2, 0.25) is 0 Å². The molecule has 1 aromatic rings. The number of allylic oxidation sites excluding steroid dienone is 1. The topological polar surface area (TPSA) is 55.7 Å². The van der Waals surface area contributed by atoms with E-state index in [4.69, 9.17) is 9.73 Å². The molecule has 1 aliphatic heterocycles. The van der Waals surface area contributed by atoms with Gasteiger partial charge in [-0.25, -0.2) is 4.79 Å². The monoisotopic (exact) mass is 379 g/mol. The molecule has 1 heterocycles. The van der Waals surface area contributed by atoms with E-state index in [1.54, 1.807) is 0 Å². The SMILES string of the molecule is CC1=C(C(=O)OC2CCCCC2)[C@H](c2cccc(C)c2)C2C(=O)CCCC2=N1. The molecule has 3 aliphatic rings. The number of carbonyl (C=O) groups is 2. The van der Waals surface area contributed by atoms with Crippen LogP contribution in [-0.2, 0) is 14.3 Å². The van der Waals surface area contributed by atoms with Gasteiger partial charge in [-0.05, 0) is 57.9 Å². The molecule has 28 heavy (non-hydrogen) atoms. The molecule has 1 unspecified atom stereocenters. The van der Waals surface area contributed by atoms with Crippen LogP contribution in [0.2, 0.25) is 0 Å². The van der Waals surface area contributed by atoms with Crippen molar-refractivity contribution in [2.75, 3.05) is 0 Å². The second-order valence-electron chi connectivity index (χ2n) is 8.46. The maximum Gasteiger partial charge on any atom is 0.336 e. The Kier molecular flexibility index (Phi) is 5.47. The van der Waals surface area contributed by atoms with Crippen molar-refractivity contribution in [3.63, 3.8) is 0 Å². The fourth-order valence-corrected chi connectivity index (χ4v) is 5.01. The van der Waals surface area contributed by atoms with E-state index in [0.29, 0.717) is 17.7 Å². The Morgan fingerprint density at radius 3 is 2.57 bits per heavy atom. The van der Waals surface area contributed by atoms with E-state index >= 15 is 0 Å². The number of rotatable bonds is 3. The van der Waals surface area contributed by atoms with Crippen molar-refractivity contribution in [3.05, 3.63) is 46.7 Å². The predicted molar refractivity (Wildman–Crippen MR) is 109 cm³/mol. The fourth-order valence-electron chi connectivity index (χ4n) is 5.01. The third kappa shape index (κ3) is 3.69. The van der Waals surface area contributed by atoms with Crippen LogP contribution < -0.4 is 0 Å². The molecule has 4 rings (SSSR count). The highest BCUT2D eigenvalue weighted by molar-refractivity contribution is 6.11. The Hall–Kier alpha value is -2.23. The summed E-state index contributed by atoms with van der Waals surface area (Å²) in [5.41, 5.74) is 4.38. The summed E-state index contributed by atoms with van der Waals surface area (Å²) in [5, 5.41) is 0. The molecular formula is C24H29NO3. The van der Waals surface area contributed by atoms with Crippen LogP contribution in [0.25, 0.3) is 0 Å². The average Bonchev–Trinajstić information content (AvgIpc) is 2.68. The van der Waals surface area contributed by atoms with Gasteiger partial charge in [0, 0.05) is 23.7 Å². The molecule has 2 aliphatic carbocycles. The predicted octanol–water partition coefficient (Wildman–Crippen LogP) is 5.05. The maximum absolute atomic E-state index is 13.3. The Morgan fingerprint density at radius 2 is 1.82 bits per heavy atom. The van der Waals surface area contributed by atoms with E-state index in [1.807, 2.05) is 32.0 Å². The van der Waals surface area contributed by atoms with E-state index in [-0.39, 0.29) is 29.7 Å². The number of ketones is 1. The van der Waals surface area contributed by atoms with Gasteiger partial charge in [0.25, 0.3) is 0 Å². The number of ether oxygens (including phenoxy) is 1. The summed E-state index contributed by atoms with van der Waals surface area (Å²) >= 11 is 0. The van der Waals surface area contributed by atoms with E-state index < -0.39 is 0 Å². The van der Waals surface area contributed by atoms with Crippen LogP contribution in [0.1, 0.15) is 75.3 Å². The largest absolute Gasteiger partial charge is 0.459 e. The van der Waals surface area contributed by atoms with Gasteiger partial charge >= 0.3 is 5.97 Å². The number of Topliss-reactive ketones (excluding diaryl/α,β-unsaturated/α-hetero) is 1. The second-order valence-corrected chi connectivity index (χ2v) is 8.46. The number of aryl methyl sites for hydroxylation is 1. The zero-order valence-corrected chi connectivity index (χ0v) is 16.9. The van der Waals surface area contributed by atoms with Crippen LogP contribution >= 0.6 is 0 Å². The standard InChI is InChI=1S/C24H29NO3/c1-15-8-6-9-17(14-15)22-21(24(27)28-18-10-4-3-5-11-18)16(2)25-19-12-7-13-20(26)23(19)22/h6,8-9,14,18,22-23H,3-5,7,10-13H2,1-2H3/t22-,23?/m0/s1. The second kappa shape index (κ2) is 8.02. The summed E-state index contributed by atoms with van der Waals surface area (Å²) in [4.78, 5) is 30.9. The van der Waals surface area contributed by atoms with Gasteiger partial charge in [-0.1, -0.05) is 36.2 Å². The highest BCUT2D eigenvalue weighted by Gasteiger charge is 2.44. The minimum atomic E-state index is -0.326. The first-order chi connectivity index (χ1) is 13.5. The van der Waals surface area contributed by atoms with Crippen molar-refractivity contribution in [2.45, 2.75) is 77.2 Å². The lowest BCUT2D eigenvalue weighted by atomic mass is 9.69. The Balaban J connectivity index is 1.74. The summed E-state index contributed by atoms with van der Waals surface area (Å²) in [6, 6.07) is 8.17. The zero-order valence-electron chi connectivity index (χ0n) is 16.9.